The zero-order valence-corrected chi connectivity index (χ0v) is 10.6. The zero-order chi connectivity index (χ0) is 10.8. The maximum atomic E-state index is 9.56. The first-order chi connectivity index (χ1) is 6.66. The van der Waals surface area contributed by atoms with Crippen molar-refractivity contribution in [2.24, 2.45) is 5.92 Å². The Morgan fingerprint density at radius 3 is 2.64 bits per heavy atom. The third-order valence-electron chi connectivity index (χ3n) is 1.96. The van der Waals surface area contributed by atoms with Crippen molar-refractivity contribution in [1.82, 2.24) is 5.32 Å². The molecular formula is C11H25NOS. The van der Waals surface area contributed by atoms with Gasteiger partial charge < -0.3 is 10.4 Å². The van der Waals surface area contributed by atoms with Gasteiger partial charge in [-0.1, -0.05) is 20.8 Å². The molecule has 0 aliphatic rings. The van der Waals surface area contributed by atoms with Crippen molar-refractivity contribution < 1.29 is 5.11 Å². The van der Waals surface area contributed by atoms with Crippen molar-refractivity contribution in [1.29, 1.82) is 0 Å². The quantitative estimate of drug-likeness (QED) is 0.583. The van der Waals surface area contributed by atoms with Gasteiger partial charge in [0.25, 0.3) is 0 Å². The lowest BCUT2D eigenvalue weighted by molar-refractivity contribution is 0.196. The van der Waals surface area contributed by atoms with Crippen LogP contribution < -0.4 is 5.32 Å². The molecule has 2 nitrogen and oxygen atoms in total. The van der Waals surface area contributed by atoms with Crippen LogP contribution in [0.25, 0.3) is 0 Å². The van der Waals surface area contributed by atoms with Crippen LogP contribution in [-0.4, -0.2) is 35.8 Å². The molecule has 0 aliphatic heterocycles. The summed E-state index contributed by atoms with van der Waals surface area (Å²) in [4.78, 5) is 0. The monoisotopic (exact) mass is 219 g/mol. The minimum absolute atomic E-state index is 0.182. The van der Waals surface area contributed by atoms with E-state index < -0.39 is 0 Å². The summed E-state index contributed by atoms with van der Waals surface area (Å²) in [5.74, 6) is 2.81. The molecular weight excluding hydrogens is 194 g/mol. The molecule has 0 rings (SSSR count). The lowest BCUT2D eigenvalue weighted by Crippen LogP contribution is -2.29. The predicted molar refractivity (Wildman–Crippen MR) is 65.9 cm³/mol. The average molecular weight is 219 g/mol. The Bertz CT molecular complexity index is 120. The summed E-state index contributed by atoms with van der Waals surface area (Å²) in [5.41, 5.74) is 0. The van der Waals surface area contributed by atoms with Gasteiger partial charge in [-0.25, -0.2) is 0 Å². The lowest BCUT2D eigenvalue weighted by atomic mass is 10.2. The summed E-state index contributed by atoms with van der Waals surface area (Å²) in [6.45, 7) is 8.35. The second-order valence-electron chi connectivity index (χ2n) is 4.12. The number of hydrogen-bond acceptors (Lipinski definition) is 3. The number of nitrogens with one attached hydrogen (secondary N) is 1. The Morgan fingerprint density at radius 1 is 1.36 bits per heavy atom. The fourth-order valence-electron chi connectivity index (χ4n) is 1.04. The Hall–Kier alpha value is 0.270. The van der Waals surface area contributed by atoms with E-state index in [2.05, 4.69) is 26.1 Å². The van der Waals surface area contributed by atoms with Crippen LogP contribution in [-0.2, 0) is 0 Å². The maximum Gasteiger partial charge on any atom is 0.0754 e. The Balaban J connectivity index is 3.14. The van der Waals surface area contributed by atoms with Crippen molar-refractivity contribution in [3.05, 3.63) is 0 Å². The van der Waals surface area contributed by atoms with Gasteiger partial charge in [0.1, 0.15) is 0 Å². The zero-order valence-electron chi connectivity index (χ0n) is 9.75. The van der Waals surface area contributed by atoms with Crippen LogP contribution in [0.2, 0.25) is 0 Å². The molecule has 0 bridgehead atoms. The van der Waals surface area contributed by atoms with Crippen LogP contribution in [0.15, 0.2) is 0 Å². The topological polar surface area (TPSA) is 32.3 Å². The standard InChI is InChI=1S/C11H25NOS/c1-4-6-12-8-11(13)9-14-7-5-10(2)3/h10-13H,4-9H2,1-3H3. The minimum atomic E-state index is -0.182. The van der Waals surface area contributed by atoms with Gasteiger partial charge in [0.2, 0.25) is 0 Å². The van der Waals surface area contributed by atoms with Gasteiger partial charge in [-0.3, -0.25) is 0 Å². The molecule has 0 saturated carbocycles. The van der Waals surface area contributed by atoms with E-state index in [4.69, 9.17) is 0 Å². The molecule has 0 aromatic carbocycles. The van der Waals surface area contributed by atoms with E-state index in [9.17, 15) is 5.11 Å². The van der Waals surface area contributed by atoms with Gasteiger partial charge in [-0.2, -0.15) is 11.8 Å². The van der Waals surface area contributed by atoms with Crippen LogP contribution in [0.3, 0.4) is 0 Å². The minimum Gasteiger partial charge on any atom is -0.391 e. The summed E-state index contributed by atoms with van der Waals surface area (Å²) < 4.78 is 0. The van der Waals surface area contributed by atoms with E-state index in [-0.39, 0.29) is 6.10 Å². The van der Waals surface area contributed by atoms with E-state index in [1.165, 1.54) is 12.2 Å². The largest absolute Gasteiger partial charge is 0.391 e. The fourth-order valence-corrected chi connectivity index (χ4v) is 2.24. The SMILES string of the molecule is CCCNCC(O)CSCCC(C)C. The first kappa shape index (κ1) is 14.3. The highest BCUT2D eigenvalue weighted by Crippen LogP contribution is 2.09. The second kappa shape index (κ2) is 9.81. The summed E-state index contributed by atoms with van der Waals surface area (Å²) in [5, 5.41) is 12.8. The van der Waals surface area contributed by atoms with Crippen molar-refractivity contribution in [2.45, 2.75) is 39.7 Å². The molecule has 0 amide bonds. The molecule has 1 atom stereocenters. The average Bonchev–Trinajstić information content (AvgIpc) is 2.13. The molecule has 0 aromatic heterocycles. The van der Waals surface area contributed by atoms with Crippen LogP contribution in [0, 0.1) is 5.92 Å². The van der Waals surface area contributed by atoms with Crippen molar-refractivity contribution in [3.63, 3.8) is 0 Å². The Morgan fingerprint density at radius 2 is 2.07 bits per heavy atom. The van der Waals surface area contributed by atoms with Crippen LogP contribution in [0.5, 0.6) is 0 Å². The van der Waals surface area contributed by atoms with Gasteiger partial charge in [-0.15, -0.1) is 0 Å². The van der Waals surface area contributed by atoms with Crippen molar-refractivity contribution in [3.8, 4) is 0 Å². The van der Waals surface area contributed by atoms with E-state index >= 15 is 0 Å². The highest BCUT2D eigenvalue weighted by molar-refractivity contribution is 7.99. The number of rotatable bonds is 9. The summed E-state index contributed by atoms with van der Waals surface area (Å²) >= 11 is 1.86. The first-order valence-electron chi connectivity index (χ1n) is 5.63. The van der Waals surface area contributed by atoms with Gasteiger partial charge >= 0.3 is 0 Å². The second-order valence-corrected chi connectivity index (χ2v) is 5.27. The van der Waals surface area contributed by atoms with Gasteiger partial charge in [-0.05, 0) is 31.1 Å². The molecule has 14 heavy (non-hydrogen) atoms. The predicted octanol–water partition coefficient (Wildman–Crippen LogP) is 2.13. The molecule has 86 valence electrons. The lowest BCUT2D eigenvalue weighted by Gasteiger charge is -2.11. The normalized spacial score (nSPS) is 13.5. The summed E-state index contributed by atoms with van der Waals surface area (Å²) in [7, 11) is 0. The molecule has 0 spiro atoms. The molecule has 0 saturated heterocycles. The van der Waals surface area contributed by atoms with E-state index in [0.29, 0.717) is 0 Å². The van der Waals surface area contributed by atoms with Crippen molar-refractivity contribution >= 4 is 11.8 Å². The van der Waals surface area contributed by atoms with Crippen LogP contribution in [0.1, 0.15) is 33.6 Å². The van der Waals surface area contributed by atoms with E-state index in [1.54, 1.807) is 0 Å². The number of hydrogen-bond donors (Lipinski definition) is 2. The molecule has 0 heterocycles. The fraction of sp³-hybridized carbons (Fsp3) is 1.00. The van der Waals surface area contributed by atoms with E-state index in [1.807, 2.05) is 11.8 Å². The van der Waals surface area contributed by atoms with Gasteiger partial charge in [0.15, 0.2) is 0 Å². The third kappa shape index (κ3) is 10.4. The third-order valence-corrected chi connectivity index (χ3v) is 3.10. The molecule has 1 unspecified atom stereocenters. The number of aliphatic hydroxyl groups excluding tert-OH is 1. The Labute approximate surface area is 92.9 Å². The number of aliphatic hydroxyl groups is 1. The molecule has 0 fully saturated rings. The first-order valence-corrected chi connectivity index (χ1v) is 6.78. The number of thioether (sulfide) groups is 1. The Kier molecular flexibility index (Phi) is 10.0. The van der Waals surface area contributed by atoms with Crippen molar-refractivity contribution in [2.75, 3.05) is 24.6 Å². The maximum absolute atomic E-state index is 9.56. The molecule has 0 aliphatic carbocycles. The highest BCUT2D eigenvalue weighted by Gasteiger charge is 2.03. The summed E-state index contributed by atoms with van der Waals surface area (Å²) in [6, 6.07) is 0. The van der Waals surface area contributed by atoms with Crippen LogP contribution >= 0.6 is 11.8 Å². The smallest absolute Gasteiger partial charge is 0.0754 e. The van der Waals surface area contributed by atoms with Gasteiger partial charge in [0, 0.05) is 12.3 Å². The highest BCUT2D eigenvalue weighted by atomic mass is 32.2. The van der Waals surface area contributed by atoms with E-state index in [0.717, 1.165) is 31.2 Å². The molecule has 2 N–H and O–H groups in total. The van der Waals surface area contributed by atoms with Gasteiger partial charge in [0.05, 0.1) is 6.10 Å². The summed E-state index contributed by atoms with van der Waals surface area (Å²) in [6.07, 6.45) is 2.20. The molecule has 0 aromatic rings. The molecule has 3 heteroatoms. The molecule has 0 radical (unpaired) electrons. The van der Waals surface area contributed by atoms with Crippen LogP contribution in [0.4, 0.5) is 0 Å².